The third-order valence-corrected chi connectivity index (χ3v) is 2.29. The molecular formula is C12H15N3O2. The largest absolute Gasteiger partial charge is 0.480 e. The second-order valence-corrected chi connectivity index (χ2v) is 3.73. The molecule has 1 rings (SSSR count). The van der Waals surface area contributed by atoms with Crippen LogP contribution in [-0.2, 0) is 11.3 Å². The summed E-state index contributed by atoms with van der Waals surface area (Å²) in [5.41, 5.74) is 1.13. The van der Waals surface area contributed by atoms with Crippen LogP contribution < -0.4 is 0 Å². The van der Waals surface area contributed by atoms with E-state index in [-0.39, 0.29) is 6.54 Å². The topological polar surface area (TPSA) is 77.2 Å². The van der Waals surface area contributed by atoms with Crippen LogP contribution in [0.1, 0.15) is 24.6 Å². The molecule has 1 N–H and O–H groups in total. The molecule has 0 unspecified atom stereocenters. The van der Waals surface area contributed by atoms with Crippen LogP contribution in [0, 0.1) is 11.3 Å². The smallest absolute Gasteiger partial charge is 0.317 e. The molecule has 5 nitrogen and oxygen atoms in total. The van der Waals surface area contributed by atoms with Gasteiger partial charge in [0, 0.05) is 18.3 Å². The number of aliphatic carboxylic acids is 1. The number of carboxylic acid groups (broad SMARTS) is 1. The highest BCUT2D eigenvalue weighted by atomic mass is 16.4. The number of hydrogen-bond donors (Lipinski definition) is 1. The molecule has 0 aliphatic carbocycles. The second kappa shape index (κ2) is 6.61. The van der Waals surface area contributed by atoms with Crippen LogP contribution in [0.4, 0.5) is 0 Å². The van der Waals surface area contributed by atoms with Crippen LogP contribution in [0.2, 0.25) is 0 Å². The zero-order valence-electron chi connectivity index (χ0n) is 9.76. The van der Waals surface area contributed by atoms with Crippen molar-refractivity contribution >= 4 is 5.97 Å². The minimum Gasteiger partial charge on any atom is -0.480 e. The average molecular weight is 233 g/mol. The summed E-state index contributed by atoms with van der Waals surface area (Å²) in [7, 11) is 0. The summed E-state index contributed by atoms with van der Waals surface area (Å²) in [4.78, 5) is 16.5. The Balaban J connectivity index is 2.78. The van der Waals surface area contributed by atoms with Gasteiger partial charge in [0.25, 0.3) is 0 Å². The minimum absolute atomic E-state index is 0.0202. The van der Waals surface area contributed by atoms with Crippen molar-refractivity contribution in [1.29, 1.82) is 5.26 Å². The monoisotopic (exact) mass is 233 g/mol. The van der Waals surface area contributed by atoms with Gasteiger partial charge < -0.3 is 5.11 Å². The quantitative estimate of drug-likeness (QED) is 0.800. The van der Waals surface area contributed by atoms with Crippen molar-refractivity contribution in [2.24, 2.45) is 0 Å². The Kier molecular flexibility index (Phi) is 5.11. The van der Waals surface area contributed by atoms with E-state index in [1.165, 1.54) is 0 Å². The molecule has 17 heavy (non-hydrogen) atoms. The molecule has 0 bridgehead atoms. The fourth-order valence-corrected chi connectivity index (χ4v) is 1.63. The number of hydrogen-bond acceptors (Lipinski definition) is 4. The molecule has 0 aliphatic heterocycles. The maximum Gasteiger partial charge on any atom is 0.317 e. The first-order chi connectivity index (χ1) is 8.17. The van der Waals surface area contributed by atoms with E-state index in [9.17, 15) is 4.79 Å². The predicted octanol–water partition coefficient (Wildman–Crippen LogP) is 1.25. The van der Waals surface area contributed by atoms with Crippen molar-refractivity contribution in [1.82, 2.24) is 9.88 Å². The van der Waals surface area contributed by atoms with Crippen molar-refractivity contribution in [2.75, 3.05) is 13.1 Å². The Morgan fingerprint density at radius 2 is 2.41 bits per heavy atom. The summed E-state index contributed by atoms with van der Waals surface area (Å²) in [6.45, 7) is 3.10. The summed E-state index contributed by atoms with van der Waals surface area (Å²) in [5.74, 6) is -0.860. The van der Waals surface area contributed by atoms with Crippen LogP contribution >= 0.6 is 0 Å². The standard InChI is InChI=1S/C12H15N3O2/c1-2-6-15(9-12(16)17)8-10-4-3-5-14-11(10)7-13/h3-5H,2,6,8-9H2,1H3,(H,16,17). The van der Waals surface area contributed by atoms with Crippen LogP contribution in [0.3, 0.4) is 0 Å². The SMILES string of the molecule is CCCN(CC(=O)O)Cc1cccnc1C#N. The fourth-order valence-electron chi connectivity index (χ4n) is 1.63. The highest BCUT2D eigenvalue weighted by Gasteiger charge is 2.11. The number of pyridine rings is 1. The average Bonchev–Trinajstić information content (AvgIpc) is 2.29. The lowest BCUT2D eigenvalue weighted by Gasteiger charge is -2.19. The third kappa shape index (κ3) is 4.21. The van der Waals surface area contributed by atoms with E-state index in [2.05, 4.69) is 4.98 Å². The van der Waals surface area contributed by atoms with E-state index in [4.69, 9.17) is 10.4 Å². The van der Waals surface area contributed by atoms with Crippen LogP contribution in [0.15, 0.2) is 18.3 Å². The molecule has 90 valence electrons. The number of nitriles is 1. The van der Waals surface area contributed by atoms with Gasteiger partial charge in [-0.1, -0.05) is 13.0 Å². The van der Waals surface area contributed by atoms with Crippen molar-refractivity contribution in [3.63, 3.8) is 0 Å². The minimum atomic E-state index is -0.860. The number of rotatable bonds is 6. The molecule has 0 saturated heterocycles. The molecule has 1 aromatic heterocycles. The number of aromatic nitrogens is 1. The van der Waals surface area contributed by atoms with E-state index in [0.717, 1.165) is 12.0 Å². The molecule has 0 saturated carbocycles. The normalized spacial score (nSPS) is 10.2. The van der Waals surface area contributed by atoms with Gasteiger partial charge in [-0.3, -0.25) is 9.69 Å². The lowest BCUT2D eigenvalue weighted by Crippen LogP contribution is -2.30. The summed E-state index contributed by atoms with van der Waals surface area (Å²) < 4.78 is 0. The molecule has 1 aromatic rings. The first kappa shape index (κ1) is 13.1. The van der Waals surface area contributed by atoms with E-state index in [0.29, 0.717) is 18.8 Å². The zero-order chi connectivity index (χ0) is 12.7. The summed E-state index contributed by atoms with van der Waals surface area (Å²) in [5, 5.41) is 17.7. The first-order valence-corrected chi connectivity index (χ1v) is 5.45. The highest BCUT2D eigenvalue weighted by molar-refractivity contribution is 5.69. The van der Waals surface area contributed by atoms with Gasteiger partial charge >= 0.3 is 5.97 Å². The lowest BCUT2D eigenvalue weighted by molar-refractivity contribution is -0.138. The number of carbonyl (C=O) groups is 1. The van der Waals surface area contributed by atoms with Gasteiger partial charge in [-0.2, -0.15) is 5.26 Å². The number of carboxylic acids is 1. The van der Waals surface area contributed by atoms with Crippen molar-refractivity contribution in [2.45, 2.75) is 19.9 Å². The van der Waals surface area contributed by atoms with E-state index in [1.807, 2.05) is 13.0 Å². The first-order valence-electron chi connectivity index (χ1n) is 5.45. The Labute approximate surface area is 100 Å². The fraction of sp³-hybridized carbons (Fsp3) is 0.417. The summed E-state index contributed by atoms with van der Waals surface area (Å²) in [6.07, 6.45) is 2.43. The molecule has 1 heterocycles. The zero-order valence-corrected chi connectivity index (χ0v) is 9.76. The Hall–Kier alpha value is -1.93. The summed E-state index contributed by atoms with van der Waals surface area (Å²) in [6, 6.07) is 5.56. The van der Waals surface area contributed by atoms with Gasteiger partial charge in [-0.25, -0.2) is 4.98 Å². The van der Waals surface area contributed by atoms with Gasteiger partial charge in [-0.15, -0.1) is 0 Å². The van der Waals surface area contributed by atoms with E-state index >= 15 is 0 Å². The molecule has 0 aromatic carbocycles. The van der Waals surface area contributed by atoms with Crippen molar-refractivity contribution in [3.8, 4) is 6.07 Å². The van der Waals surface area contributed by atoms with E-state index in [1.54, 1.807) is 23.2 Å². The Morgan fingerprint density at radius 1 is 1.65 bits per heavy atom. The molecule has 0 spiro atoms. The highest BCUT2D eigenvalue weighted by Crippen LogP contribution is 2.08. The maximum absolute atomic E-state index is 10.7. The molecular weight excluding hydrogens is 218 g/mol. The van der Waals surface area contributed by atoms with Crippen LogP contribution in [0.5, 0.6) is 0 Å². The van der Waals surface area contributed by atoms with Crippen LogP contribution in [0.25, 0.3) is 0 Å². The van der Waals surface area contributed by atoms with Crippen molar-refractivity contribution in [3.05, 3.63) is 29.6 Å². The summed E-state index contributed by atoms with van der Waals surface area (Å²) >= 11 is 0. The molecule has 5 heteroatoms. The van der Waals surface area contributed by atoms with Gasteiger partial charge in [0.15, 0.2) is 0 Å². The molecule has 0 atom stereocenters. The third-order valence-electron chi connectivity index (χ3n) is 2.29. The van der Waals surface area contributed by atoms with Gasteiger partial charge in [0.1, 0.15) is 11.8 Å². The Bertz CT molecular complexity index is 426. The van der Waals surface area contributed by atoms with E-state index < -0.39 is 5.97 Å². The molecule has 0 amide bonds. The lowest BCUT2D eigenvalue weighted by atomic mass is 10.2. The van der Waals surface area contributed by atoms with Gasteiger partial charge in [0.2, 0.25) is 0 Å². The number of nitrogens with zero attached hydrogens (tertiary/aromatic N) is 3. The van der Waals surface area contributed by atoms with Crippen molar-refractivity contribution < 1.29 is 9.90 Å². The Morgan fingerprint density at radius 3 is 3.00 bits per heavy atom. The molecule has 0 fully saturated rings. The van der Waals surface area contributed by atoms with Gasteiger partial charge in [0.05, 0.1) is 6.54 Å². The second-order valence-electron chi connectivity index (χ2n) is 3.73. The molecule has 0 radical (unpaired) electrons. The molecule has 0 aliphatic rings. The van der Waals surface area contributed by atoms with Crippen LogP contribution in [-0.4, -0.2) is 34.0 Å². The van der Waals surface area contributed by atoms with Gasteiger partial charge in [-0.05, 0) is 19.0 Å². The predicted molar refractivity (Wildman–Crippen MR) is 62.2 cm³/mol. The maximum atomic E-state index is 10.7.